The molecule has 0 aromatic rings. The van der Waals surface area contributed by atoms with E-state index in [1.165, 1.54) is 25.7 Å². The van der Waals surface area contributed by atoms with Crippen molar-refractivity contribution in [1.82, 2.24) is 0 Å². The van der Waals surface area contributed by atoms with Gasteiger partial charge in [0.2, 0.25) is 0 Å². The van der Waals surface area contributed by atoms with Gasteiger partial charge in [-0.2, -0.15) is 0 Å². The van der Waals surface area contributed by atoms with Gasteiger partial charge in [0.1, 0.15) is 13.2 Å². The zero-order valence-corrected chi connectivity index (χ0v) is 7.62. The topological polar surface area (TPSA) is 35.5 Å². The summed E-state index contributed by atoms with van der Waals surface area (Å²) in [5, 5.41) is 0. The minimum absolute atomic E-state index is 0.205. The van der Waals surface area contributed by atoms with Crippen LogP contribution in [0.3, 0.4) is 0 Å². The zero-order chi connectivity index (χ0) is 8.89. The van der Waals surface area contributed by atoms with Crippen molar-refractivity contribution in [3.63, 3.8) is 0 Å². The summed E-state index contributed by atoms with van der Waals surface area (Å²) in [5.41, 5.74) is 0.205. The fourth-order valence-electron chi connectivity index (χ4n) is 3.40. The molecule has 1 heterocycles. The van der Waals surface area contributed by atoms with Gasteiger partial charge in [-0.25, -0.2) is 4.79 Å². The summed E-state index contributed by atoms with van der Waals surface area (Å²) in [7, 11) is 0. The second-order valence-corrected chi connectivity index (χ2v) is 4.77. The minimum atomic E-state index is -0.478. The Morgan fingerprint density at radius 3 is 2.54 bits per heavy atom. The molecule has 2 unspecified atom stereocenters. The van der Waals surface area contributed by atoms with Gasteiger partial charge in [-0.3, -0.25) is 0 Å². The zero-order valence-electron chi connectivity index (χ0n) is 7.62. The van der Waals surface area contributed by atoms with Crippen molar-refractivity contribution in [2.24, 2.45) is 17.3 Å². The van der Waals surface area contributed by atoms with E-state index in [-0.39, 0.29) is 5.41 Å². The molecule has 0 N–H and O–H groups in total. The van der Waals surface area contributed by atoms with Gasteiger partial charge in [-0.15, -0.1) is 0 Å². The van der Waals surface area contributed by atoms with Crippen LogP contribution in [-0.2, 0) is 9.47 Å². The number of hydrogen-bond acceptors (Lipinski definition) is 3. The molecule has 3 fully saturated rings. The van der Waals surface area contributed by atoms with Crippen LogP contribution in [0.4, 0.5) is 4.79 Å². The number of hydrogen-bond donors (Lipinski definition) is 0. The predicted octanol–water partition coefficient (Wildman–Crippen LogP) is 1.96. The van der Waals surface area contributed by atoms with E-state index in [0.29, 0.717) is 13.2 Å². The Kier molecular flexibility index (Phi) is 1.41. The molecule has 3 heteroatoms. The first-order valence-electron chi connectivity index (χ1n) is 5.08. The normalized spacial score (nSPS) is 40.5. The number of cyclic esters (lactones) is 2. The molecule has 0 amide bonds. The summed E-state index contributed by atoms with van der Waals surface area (Å²) in [6.45, 7) is 1.21. The Morgan fingerprint density at radius 2 is 2.00 bits per heavy atom. The van der Waals surface area contributed by atoms with Gasteiger partial charge in [0, 0.05) is 5.41 Å². The second kappa shape index (κ2) is 2.40. The molecule has 1 saturated heterocycles. The van der Waals surface area contributed by atoms with Crippen molar-refractivity contribution in [2.75, 3.05) is 13.2 Å². The van der Waals surface area contributed by atoms with E-state index in [0.717, 1.165) is 11.8 Å². The third-order valence-electron chi connectivity index (χ3n) is 4.06. The molecule has 2 saturated carbocycles. The Hall–Kier alpha value is -0.730. The van der Waals surface area contributed by atoms with Crippen molar-refractivity contribution < 1.29 is 14.3 Å². The van der Waals surface area contributed by atoms with Gasteiger partial charge in [0.15, 0.2) is 0 Å². The Bertz CT molecular complexity index is 239. The average Bonchev–Trinajstić information content (AvgIpc) is 2.70. The van der Waals surface area contributed by atoms with Crippen LogP contribution in [-0.4, -0.2) is 19.4 Å². The lowest BCUT2D eigenvalue weighted by molar-refractivity contribution is -0.0827. The smallest absolute Gasteiger partial charge is 0.434 e. The predicted molar refractivity (Wildman–Crippen MR) is 45.2 cm³/mol. The van der Waals surface area contributed by atoms with Gasteiger partial charge in [-0.1, -0.05) is 6.42 Å². The van der Waals surface area contributed by atoms with E-state index in [1.54, 1.807) is 0 Å². The van der Waals surface area contributed by atoms with Crippen LogP contribution >= 0.6 is 0 Å². The molecule has 2 atom stereocenters. The van der Waals surface area contributed by atoms with Crippen LogP contribution < -0.4 is 0 Å². The molecule has 0 aromatic carbocycles. The third kappa shape index (κ3) is 0.990. The van der Waals surface area contributed by atoms with E-state index in [4.69, 9.17) is 9.47 Å². The Labute approximate surface area is 77.4 Å². The van der Waals surface area contributed by atoms with Gasteiger partial charge < -0.3 is 9.47 Å². The van der Waals surface area contributed by atoms with Gasteiger partial charge in [0.05, 0.1) is 0 Å². The van der Waals surface area contributed by atoms with Crippen LogP contribution in [0, 0.1) is 17.3 Å². The summed E-state index contributed by atoms with van der Waals surface area (Å²) >= 11 is 0. The Balaban J connectivity index is 1.79. The maximum atomic E-state index is 10.8. The number of ether oxygens (including phenoxy) is 2. The van der Waals surface area contributed by atoms with Crippen molar-refractivity contribution in [1.29, 1.82) is 0 Å². The highest BCUT2D eigenvalue weighted by molar-refractivity contribution is 5.60. The van der Waals surface area contributed by atoms with E-state index in [2.05, 4.69) is 0 Å². The van der Waals surface area contributed by atoms with Crippen molar-refractivity contribution in [3.05, 3.63) is 0 Å². The molecule has 3 nitrogen and oxygen atoms in total. The molecule has 2 aliphatic carbocycles. The van der Waals surface area contributed by atoms with E-state index >= 15 is 0 Å². The maximum Gasteiger partial charge on any atom is 0.508 e. The quantitative estimate of drug-likeness (QED) is 0.537. The molecule has 0 radical (unpaired) electrons. The van der Waals surface area contributed by atoms with Crippen LogP contribution in [0.5, 0.6) is 0 Å². The van der Waals surface area contributed by atoms with E-state index in [9.17, 15) is 4.79 Å². The number of fused-ring (bicyclic) bond motifs is 3. The van der Waals surface area contributed by atoms with E-state index < -0.39 is 6.16 Å². The first-order valence-corrected chi connectivity index (χ1v) is 5.08. The fraction of sp³-hybridized carbons (Fsp3) is 0.900. The molecule has 1 spiro atoms. The number of rotatable bonds is 0. The Morgan fingerprint density at radius 1 is 1.23 bits per heavy atom. The lowest BCUT2D eigenvalue weighted by Crippen LogP contribution is -2.43. The summed E-state index contributed by atoms with van der Waals surface area (Å²) in [6, 6.07) is 0. The maximum absolute atomic E-state index is 10.8. The summed E-state index contributed by atoms with van der Waals surface area (Å²) in [6.07, 6.45) is 4.76. The second-order valence-electron chi connectivity index (χ2n) is 4.77. The lowest BCUT2D eigenvalue weighted by Gasteiger charge is -2.38. The van der Waals surface area contributed by atoms with Gasteiger partial charge in [0.25, 0.3) is 0 Å². The molecule has 72 valence electrons. The number of carbonyl (C=O) groups is 1. The molecule has 2 bridgehead atoms. The van der Waals surface area contributed by atoms with E-state index in [1.807, 2.05) is 0 Å². The molecule has 0 aromatic heterocycles. The fourth-order valence-corrected chi connectivity index (χ4v) is 3.40. The molecular weight excluding hydrogens is 168 g/mol. The highest BCUT2D eigenvalue weighted by Gasteiger charge is 2.53. The van der Waals surface area contributed by atoms with Crippen LogP contribution in [0.1, 0.15) is 25.7 Å². The third-order valence-corrected chi connectivity index (χ3v) is 4.06. The standard InChI is InChI=1S/C10H14O3/c11-9-12-5-10(6-13-9)4-7-1-2-8(10)3-7/h7-8H,1-6H2. The molecular formula is C10H14O3. The largest absolute Gasteiger partial charge is 0.508 e. The monoisotopic (exact) mass is 182 g/mol. The van der Waals surface area contributed by atoms with Crippen LogP contribution in [0.25, 0.3) is 0 Å². The van der Waals surface area contributed by atoms with Gasteiger partial charge in [-0.05, 0) is 31.1 Å². The molecule has 3 rings (SSSR count). The summed E-state index contributed by atoms with van der Waals surface area (Å²) < 4.78 is 10.0. The first kappa shape index (κ1) is 7.65. The minimum Gasteiger partial charge on any atom is -0.434 e. The SMILES string of the molecule is O=C1OCC2(CO1)CC1CCC2C1. The summed E-state index contributed by atoms with van der Waals surface area (Å²) in [5.74, 6) is 1.64. The van der Waals surface area contributed by atoms with Crippen molar-refractivity contribution >= 4 is 6.16 Å². The van der Waals surface area contributed by atoms with Crippen LogP contribution in [0.15, 0.2) is 0 Å². The first-order chi connectivity index (χ1) is 6.28. The lowest BCUT2D eigenvalue weighted by atomic mass is 9.74. The molecule has 1 aliphatic heterocycles. The highest BCUT2D eigenvalue weighted by atomic mass is 16.7. The molecule has 13 heavy (non-hydrogen) atoms. The molecule has 3 aliphatic rings. The van der Waals surface area contributed by atoms with Gasteiger partial charge >= 0.3 is 6.16 Å². The van der Waals surface area contributed by atoms with Crippen molar-refractivity contribution in [3.8, 4) is 0 Å². The summed E-state index contributed by atoms with van der Waals surface area (Å²) in [4.78, 5) is 10.8. The number of carbonyl (C=O) groups excluding carboxylic acids is 1. The van der Waals surface area contributed by atoms with Crippen molar-refractivity contribution in [2.45, 2.75) is 25.7 Å². The highest BCUT2D eigenvalue weighted by Crippen LogP contribution is 2.56. The van der Waals surface area contributed by atoms with Crippen LogP contribution in [0.2, 0.25) is 0 Å². The average molecular weight is 182 g/mol.